The van der Waals surface area contributed by atoms with E-state index in [1.807, 2.05) is 29.3 Å². The highest BCUT2D eigenvalue weighted by atomic mass is 16.5. The summed E-state index contributed by atoms with van der Waals surface area (Å²) >= 11 is 0. The Balaban J connectivity index is 1.17. The number of carbonyl (C=O) groups is 1. The van der Waals surface area contributed by atoms with E-state index in [-0.39, 0.29) is 5.91 Å². The lowest BCUT2D eigenvalue weighted by atomic mass is 10.1. The molecule has 5 nitrogen and oxygen atoms in total. The van der Waals surface area contributed by atoms with Gasteiger partial charge in [0, 0.05) is 56.2 Å². The van der Waals surface area contributed by atoms with Gasteiger partial charge in [0.2, 0.25) is 5.91 Å². The van der Waals surface area contributed by atoms with Gasteiger partial charge in [-0.3, -0.25) is 9.69 Å². The van der Waals surface area contributed by atoms with E-state index >= 15 is 0 Å². The van der Waals surface area contributed by atoms with E-state index < -0.39 is 0 Å². The summed E-state index contributed by atoms with van der Waals surface area (Å²) in [5.74, 6) is 1.26. The number of hydrogen-bond donors (Lipinski definition) is 1. The van der Waals surface area contributed by atoms with Gasteiger partial charge in [-0.2, -0.15) is 0 Å². The summed E-state index contributed by atoms with van der Waals surface area (Å²) in [7, 11) is 0. The number of ether oxygens (including phenoxy) is 1. The first-order chi connectivity index (χ1) is 13.8. The summed E-state index contributed by atoms with van der Waals surface area (Å²) in [5, 5.41) is 1.15. The quantitative estimate of drug-likeness (QED) is 0.763. The molecule has 1 aromatic heterocycles. The fraction of sp³-hybridized carbons (Fsp3) is 0.348. The molecule has 1 fully saturated rings. The average molecular weight is 375 g/mol. The summed E-state index contributed by atoms with van der Waals surface area (Å²) in [6, 6.07) is 14.7. The maximum atomic E-state index is 12.8. The number of nitrogens with one attached hydrogen (secondary N) is 1. The van der Waals surface area contributed by atoms with Gasteiger partial charge < -0.3 is 14.6 Å². The highest BCUT2D eigenvalue weighted by Crippen LogP contribution is 2.26. The van der Waals surface area contributed by atoms with Crippen LogP contribution in [0.15, 0.2) is 48.7 Å². The molecule has 28 heavy (non-hydrogen) atoms. The Labute approximate surface area is 164 Å². The SMILES string of the molecule is O=C(Cc1c[nH]c2ccccc12)N1CCN(Cc2ccc3c(c2)CCO3)CC1. The van der Waals surface area contributed by atoms with E-state index in [0.29, 0.717) is 6.42 Å². The lowest BCUT2D eigenvalue weighted by Gasteiger charge is -2.35. The fourth-order valence-corrected chi connectivity index (χ4v) is 4.30. The Morgan fingerprint density at radius 2 is 1.93 bits per heavy atom. The van der Waals surface area contributed by atoms with Crippen molar-refractivity contribution in [3.63, 3.8) is 0 Å². The second-order valence-electron chi connectivity index (χ2n) is 7.73. The van der Waals surface area contributed by atoms with Crippen molar-refractivity contribution in [3.8, 4) is 5.75 Å². The monoisotopic (exact) mass is 375 g/mol. The smallest absolute Gasteiger partial charge is 0.227 e. The third kappa shape index (κ3) is 3.38. The Morgan fingerprint density at radius 1 is 1.07 bits per heavy atom. The van der Waals surface area contributed by atoms with Crippen LogP contribution in [-0.4, -0.2) is 53.5 Å². The normalized spacial score (nSPS) is 16.9. The van der Waals surface area contributed by atoms with Crippen molar-refractivity contribution in [2.45, 2.75) is 19.4 Å². The Kier molecular flexibility index (Phi) is 4.53. The van der Waals surface area contributed by atoms with Gasteiger partial charge in [0.25, 0.3) is 0 Å². The molecule has 144 valence electrons. The zero-order valence-electron chi connectivity index (χ0n) is 16.0. The maximum Gasteiger partial charge on any atom is 0.227 e. The van der Waals surface area contributed by atoms with E-state index in [1.54, 1.807) is 0 Å². The Hall–Kier alpha value is -2.79. The van der Waals surface area contributed by atoms with Gasteiger partial charge in [-0.15, -0.1) is 0 Å². The molecule has 0 bridgehead atoms. The second-order valence-corrected chi connectivity index (χ2v) is 7.73. The number of aromatic amines is 1. The number of benzene rings is 2. The zero-order valence-corrected chi connectivity index (χ0v) is 16.0. The van der Waals surface area contributed by atoms with Crippen LogP contribution in [0.3, 0.4) is 0 Å². The van der Waals surface area contributed by atoms with Crippen LogP contribution in [0.25, 0.3) is 10.9 Å². The van der Waals surface area contributed by atoms with Gasteiger partial charge in [0.15, 0.2) is 0 Å². The molecule has 2 aromatic carbocycles. The van der Waals surface area contributed by atoms with Crippen molar-refractivity contribution >= 4 is 16.8 Å². The topological polar surface area (TPSA) is 48.6 Å². The first kappa shape index (κ1) is 17.3. The summed E-state index contributed by atoms with van der Waals surface area (Å²) in [6.07, 6.45) is 3.45. The Morgan fingerprint density at radius 3 is 2.82 bits per heavy atom. The van der Waals surface area contributed by atoms with Crippen molar-refractivity contribution < 1.29 is 9.53 Å². The first-order valence-corrected chi connectivity index (χ1v) is 10.1. The minimum atomic E-state index is 0.221. The molecule has 0 radical (unpaired) electrons. The molecule has 0 unspecified atom stereocenters. The molecule has 0 spiro atoms. The second kappa shape index (κ2) is 7.32. The van der Waals surface area contributed by atoms with Gasteiger partial charge in [-0.1, -0.05) is 30.3 Å². The number of carbonyl (C=O) groups excluding carboxylic acids is 1. The summed E-state index contributed by atoms with van der Waals surface area (Å²) in [5.41, 5.74) is 4.84. The van der Waals surface area contributed by atoms with Crippen LogP contribution in [-0.2, 0) is 24.2 Å². The van der Waals surface area contributed by atoms with E-state index in [9.17, 15) is 4.79 Å². The minimum absolute atomic E-state index is 0.221. The maximum absolute atomic E-state index is 12.8. The number of hydrogen-bond acceptors (Lipinski definition) is 3. The molecule has 5 rings (SSSR count). The van der Waals surface area contributed by atoms with Gasteiger partial charge in [0.05, 0.1) is 13.0 Å². The van der Waals surface area contributed by atoms with E-state index in [0.717, 1.165) is 68.0 Å². The first-order valence-electron chi connectivity index (χ1n) is 10.1. The lowest BCUT2D eigenvalue weighted by Crippen LogP contribution is -2.48. The van der Waals surface area contributed by atoms with E-state index in [4.69, 9.17) is 4.74 Å². The number of fused-ring (bicyclic) bond motifs is 2. The number of rotatable bonds is 4. The molecule has 2 aliphatic rings. The van der Waals surface area contributed by atoms with Crippen LogP contribution in [0.4, 0.5) is 0 Å². The number of piperazine rings is 1. The molecule has 5 heteroatoms. The van der Waals surface area contributed by atoms with Gasteiger partial charge in [-0.05, 0) is 28.8 Å². The fourth-order valence-electron chi connectivity index (χ4n) is 4.30. The number of para-hydroxylation sites is 1. The third-order valence-electron chi connectivity index (χ3n) is 5.90. The molecule has 1 N–H and O–H groups in total. The van der Waals surface area contributed by atoms with Crippen LogP contribution in [0, 0.1) is 0 Å². The van der Waals surface area contributed by atoms with Crippen LogP contribution < -0.4 is 4.74 Å². The Bertz CT molecular complexity index is 1000. The predicted molar refractivity (Wildman–Crippen MR) is 110 cm³/mol. The van der Waals surface area contributed by atoms with E-state index in [1.165, 1.54) is 11.1 Å². The molecular weight excluding hydrogens is 350 g/mol. The van der Waals surface area contributed by atoms with E-state index in [2.05, 4.69) is 34.1 Å². The average Bonchev–Trinajstić information content (AvgIpc) is 3.35. The standard InChI is InChI=1S/C23H25N3O2/c27-23(14-19-15-24-21-4-2-1-3-20(19)21)26-10-8-25(9-11-26)16-17-5-6-22-18(13-17)7-12-28-22/h1-6,13,15,24H,7-12,14,16H2. The lowest BCUT2D eigenvalue weighted by molar-refractivity contribution is -0.132. The van der Waals surface area contributed by atoms with Crippen LogP contribution >= 0.6 is 0 Å². The van der Waals surface area contributed by atoms with Gasteiger partial charge in [-0.25, -0.2) is 0 Å². The number of H-pyrrole nitrogens is 1. The van der Waals surface area contributed by atoms with Crippen molar-refractivity contribution in [2.75, 3.05) is 32.8 Å². The van der Waals surface area contributed by atoms with Crippen molar-refractivity contribution in [1.29, 1.82) is 0 Å². The molecule has 0 saturated carbocycles. The molecule has 0 aliphatic carbocycles. The van der Waals surface area contributed by atoms with Gasteiger partial charge >= 0.3 is 0 Å². The van der Waals surface area contributed by atoms with Crippen LogP contribution in [0.5, 0.6) is 5.75 Å². The summed E-state index contributed by atoms with van der Waals surface area (Å²) in [6.45, 7) is 5.19. The predicted octanol–water partition coefficient (Wildman–Crippen LogP) is 2.99. The summed E-state index contributed by atoms with van der Waals surface area (Å²) < 4.78 is 5.59. The molecule has 1 saturated heterocycles. The molecule has 1 amide bonds. The molecule has 3 aromatic rings. The van der Waals surface area contributed by atoms with Crippen molar-refractivity contribution in [2.24, 2.45) is 0 Å². The third-order valence-corrected chi connectivity index (χ3v) is 5.90. The number of nitrogens with zero attached hydrogens (tertiary/aromatic N) is 2. The molecule has 2 aliphatic heterocycles. The van der Waals surface area contributed by atoms with Crippen molar-refractivity contribution in [3.05, 3.63) is 65.4 Å². The number of aromatic nitrogens is 1. The number of amides is 1. The van der Waals surface area contributed by atoms with Gasteiger partial charge in [0.1, 0.15) is 5.75 Å². The van der Waals surface area contributed by atoms with Crippen LogP contribution in [0.2, 0.25) is 0 Å². The zero-order chi connectivity index (χ0) is 18.9. The van der Waals surface area contributed by atoms with Crippen LogP contribution in [0.1, 0.15) is 16.7 Å². The van der Waals surface area contributed by atoms with Crippen molar-refractivity contribution in [1.82, 2.24) is 14.8 Å². The summed E-state index contributed by atoms with van der Waals surface area (Å²) in [4.78, 5) is 20.5. The molecule has 3 heterocycles. The highest BCUT2D eigenvalue weighted by molar-refractivity contribution is 5.88. The molecule has 0 atom stereocenters. The highest BCUT2D eigenvalue weighted by Gasteiger charge is 2.22. The largest absolute Gasteiger partial charge is 0.493 e. The molecular formula is C23H25N3O2. The minimum Gasteiger partial charge on any atom is -0.493 e.